The van der Waals surface area contributed by atoms with Gasteiger partial charge in [-0.05, 0) is 43.0 Å². The molecule has 1 aromatic carbocycles. The van der Waals surface area contributed by atoms with Crippen molar-refractivity contribution in [1.82, 2.24) is 15.3 Å². The summed E-state index contributed by atoms with van der Waals surface area (Å²) in [5.41, 5.74) is 4.73. The molecule has 2 heterocycles. The van der Waals surface area contributed by atoms with E-state index in [1.807, 2.05) is 0 Å². The lowest BCUT2D eigenvalue weighted by atomic mass is 10.0. The fourth-order valence-corrected chi connectivity index (χ4v) is 3.41. The molecule has 2 saturated heterocycles. The van der Waals surface area contributed by atoms with Gasteiger partial charge in [-0.3, -0.25) is 10.3 Å². The Balaban J connectivity index is 1.35. The average Bonchev–Trinajstić information content (AvgIpc) is 2.62. The molecule has 1 aromatic rings. The molecule has 5 heteroatoms. The van der Waals surface area contributed by atoms with Crippen LogP contribution in [-0.4, -0.2) is 62.5 Å². The van der Waals surface area contributed by atoms with E-state index < -0.39 is 0 Å². The van der Waals surface area contributed by atoms with Crippen molar-refractivity contribution in [3.05, 3.63) is 29.8 Å². The van der Waals surface area contributed by atoms with E-state index >= 15 is 0 Å². The average molecular weight is 333 g/mol. The van der Waals surface area contributed by atoms with Gasteiger partial charge in [0.15, 0.2) is 0 Å². The monoisotopic (exact) mass is 333 g/mol. The summed E-state index contributed by atoms with van der Waals surface area (Å²) in [6.07, 6.45) is 2.70. The van der Waals surface area contributed by atoms with Crippen LogP contribution < -0.4 is 10.2 Å². The topological polar surface area (TPSA) is 37.0 Å². The third kappa shape index (κ3) is 5.74. The summed E-state index contributed by atoms with van der Waals surface area (Å²) in [6, 6.07) is 8.45. The molecule has 134 valence electrons. The smallest absolute Gasteiger partial charge is 0.119 e. The van der Waals surface area contributed by atoms with Gasteiger partial charge in [0.1, 0.15) is 12.4 Å². The Morgan fingerprint density at radius 1 is 1.17 bits per heavy atom. The van der Waals surface area contributed by atoms with Crippen LogP contribution >= 0.6 is 0 Å². The predicted molar refractivity (Wildman–Crippen MR) is 96.0 cm³/mol. The van der Waals surface area contributed by atoms with E-state index in [-0.39, 0.29) is 0 Å². The molecular weight excluding hydrogens is 302 g/mol. The molecular formula is C19H31N3O2. The summed E-state index contributed by atoms with van der Waals surface area (Å²) in [6.45, 7) is 11.0. The lowest BCUT2D eigenvalue weighted by Crippen LogP contribution is -2.45. The van der Waals surface area contributed by atoms with Crippen molar-refractivity contribution in [2.24, 2.45) is 5.92 Å². The fourth-order valence-electron chi connectivity index (χ4n) is 3.41. The number of piperidine rings is 1. The fraction of sp³-hybridized carbons (Fsp3) is 0.684. The second kappa shape index (κ2) is 9.37. The lowest BCUT2D eigenvalue weighted by Gasteiger charge is -2.30. The summed E-state index contributed by atoms with van der Waals surface area (Å²) in [4.78, 5) is 2.52. The summed E-state index contributed by atoms with van der Waals surface area (Å²) >= 11 is 0. The summed E-state index contributed by atoms with van der Waals surface area (Å²) in [5.74, 6) is 1.80. The Kier molecular flexibility index (Phi) is 6.90. The summed E-state index contributed by atoms with van der Waals surface area (Å²) in [5, 5.41) is 2.23. The molecule has 0 unspecified atom stereocenters. The van der Waals surface area contributed by atoms with Gasteiger partial charge >= 0.3 is 0 Å². The predicted octanol–water partition coefficient (Wildman–Crippen LogP) is 2.13. The van der Waals surface area contributed by atoms with E-state index in [1.54, 1.807) is 0 Å². The van der Waals surface area contributed by atoms with E-state index in [0.717, 1.165) is 57.7 Å². The highest BCUT2D eigenvalue weighted by Crippen LogP contribution is 2.16. The number of hydrazine groups is 1. The van der Waals surface area contributed by atoms with Crippen LogP contribution in [-0.2, 0) is 11.3 Å². The van der Waals surface area contributed by atoms with Gasteiger partial charge in [0.25, 0.3) is 0 Å². The van der Waals surface area contributed by atoms with Crippen LogP contribution in [0.15, 0.2) is 24.3 Å². The van der Waals surface area contributed by atoms with Gasteiger partial charge in [0.2, 0.25) is 0 Å². The van der Waals surface area contributed by atoms with Crippen LogP contribution in [0, 0.1) is 5.92 Å². The van der Waals surface area contributed by atoms with Crippen molar-refractivity contribution in [2.45, 2.75) is 26.3 Å². The first-order valence-corrected chi connectivity index (χ1v) is 9.30. The number of nitrogens with one attached hydrogen (secondary N) is 1. The number of likely N-dealkylation sites (tertiary alicyclic amines) is 1. The second-order valence-electron chi connectivity index (χ2n) is 6.97. The Labute approximate surface area is 145 Å². The highest BCUT2D eigenvalue weighted by molar-refractivity contribution is 5.27. The number of ether oxygens (including phenoxy) is 2. The van der Waals surface area contributed by atoms with Crippen molar-refractivity contribution < 1.29 is 9.47 Å². The minimum atomic E-state index is 0.776. The number of benzene rings is 1. The first-order chi connectivity index (χ1) is 11.8. The van der Waals surface area contributed by atoms with Gasteiger partial charge in [-0.2, -0.15) is 0 Å². The Morgan fingerprint density at radius 3 is 2.71 bits per heavy atom. The Hall–Kier alpha value is -1.14. The number of nitrogens with zero attached hydrogens (tertiary/aromatic N) is 2. The molecule has 0 aliphatic carbocycles. The summed E-state index contributed by atoms with van der Waals surface area (Å²) in [7, 11) is 0. The Bertz CT molecular complexity index is 474. The lowest BCUT2D eigenvalue weighted by molar-refractivity contribution is 0.0106. The van der Waals surface area contributed by atoms with Gasteiger partial charge in [-0.15, -0.1) is 0 Å². The minimum Gasteiger partial charge on any atom is -0.492 e. The van der Waals surface area contributed by atoms with E-state index in [9.17, 15) is 0 Å². The molecule has 3 rings (SSSR count). The van der Waals surface area contributed by atoms with Gasteiger partial charge in [0, 0.05) is 32.7 Å². The standard InChI is InChI=1S/C19H31N3O2/c1-17-3-2-8-21(16-17)9-14-24-19-6-4-18(5-7-19)15-20-22-10-12-23-13-11-22/h4-7,17,20H,2-3,8-16H2,1H3/t17-/m1/s1. The second-order valence-corrected chi connectivity index (χ2v) is 6.97. The first kappa shape index (κ1) is 17.7. The zero-order valence-electron chi connectivity index (χ0n) is 14.9. The van der Waals surface area contributed by atoms with Crippen molar-refractivity contribution >= 4 is 0 Å². The van der Waals surface area contributed by atoms with Crippen LogP contribution in [0.2, 0.25) is 0 Å². The maximum Gasteiger partial charge on any atom is 0.119 e. The van der Waals surface area contributed by atoms with Crippen LogP contribution in [0.1, 0.15) is 25.3 Å². The molecule has 1 atom stereocenters. The molecule has 0 radical (unpaired) electrons. The molecule has 2 aliphatic rings. The SMILES string of the molecule is C[C@@H]1CCCN(CCOc2ccc(CNN3CCOCC3)cc2)C1. The van der Waals surface area contributed by atoms with Crippen molar-refractivity contribution in [1.29, 1.82) is 0 Å². The van der Waals surface area contributed by atoms with Gasteiger partial charge in [-0.25, -0.2) is 5.01 Å². The molecule has 0 aromatic heterocycles. The maximum atomic E-state index is 5.90. The molecule has 2 fully saturated rings. The zero-order chi connectivity index (χ0) is 16.6. The summed E-state index contributed by atoms with van der Waals surface area (Å²) < 4.78 is 11.3. The molecule has 2 aliphatic heterocycles. The number of hydrogen-bond donors (Lipinski definition) is 1. The Morgan fingerprint density at radius 2 is 1.96 bits per heavy atom. The number of morpholine rings is 1. The van der Waals surface area contributed by atoms with Crippen molar-refractivity contribution in [2.75, 3.05) is 52.5 Å². The van der Waals surface area contributed by atoms with Crippen LogP contribution in [0.25, 0.3) is 0 Å². The van der Waals surface area contributed by atoms with Crippen molar-refractivity contribution in [3.8, 4) is 5.75 Å². The van der Waals surface area contributed by atoms with Gasteiger partial charge in [0.05, 0.1) is 13.2 Å². The largest absolute Gasteiger partial charge is 0.492 e. The molecule has 5 nitrogen and oxygen atoms in total. The molecule has 1 N–H and O–H groups in total. The van der Waals surface area contributed by atoms with E-state index in [1.165, 1.54) is 31.5 Å². The van der Waals surface area contributed by atoms with Crippen LogP contribution in [0.5, 0.6) is 5.75 Å². The van der Waals surface area contributed by atoms with Crippen LogP contribution in [0.3, 0.4) is 0 Å². The highest BCUT2D eigenvalue weighted by atomic mass is 16.5. The number of rotatable bonds is 7. The number of hydrogen-bond acceptors (Lipinski definition) is 5. The molecule has 0 spiro atoms. The quantitative estimate of drug-likeness (QED) is 0.827. The van der Waals surface area contributed by atoms with E-state index in [0.29, 0.717) is 0 Å². The normalized spacial score (nSPS) is 23.3. The molecule has 0 saturated carbocycles. The van der Waals surface area contributed by atoms with Gasteiger partial charge in [-0.1, -0.05) is 19.1 Å². The van der Waals surface area contributed by atoms with E-state index in [2.05, 4.69) is 46.5 Å². The van der Waals surface area contributed by atoms with Gasteiger partial charge < -0.3 is 9.47 Å². The van der Waals surface area contributed by atoms with Crippen molar-refractivity contribution in [3.63, 3.8) is 0 Å². The maximum absolute atomic E-state index is 5.90. The zero-order valence-corrected chi connectivity index (χ0v) is 14.9. The minimum absolute atomic E-state index is 0.776. The van der Waals surface area contributed by atoms with E-state index in [4.69, 9.17) is 9.47 Å². The van der Waals surface area contributed by atoms with Crippen LogP contribution in [0.4, 0.5) is 0 Å². The highest BCUT2D eigenvalue weighted by Gasteiger charge is 2.15. The first-order valence-electron chi connectivity index (χ1n) is 9.30. The third-order valence-corrected chi connectivity index (χ3v) is 4.86. The molecule has 24 heavy (non-hydrogen) atoms. The third-order valence-electron chi connectivity index (χ3n) is 4.86. The molecule has 0 amide bonds. The molecule has 0 bridgehead atoms.